The van der Waals surface area contributed by atoms with Crippen LogP contribution in [-0.4, -0.2) is 65.8 Å². The maximum Gasteiger partial charge on any atom is 0.226 e. The number of fused-ring (bicyclic) bond motifs is 1. The molecule has 0 aliphatic carbocycles. The molecule has 3 heterocycles. The number of aryl methyl sites for hydroxylation is 1. The first kappa shape index (κ1) is 21.0. The molecule has 3 aromatic rings. The van der Waals surface area contributed by atoms with Gasteiger partial charge in [0.05, 0.1) is 12.9 Å². The van der Waals surface area contributed by atoms with Crippen LogP contribution in [0.3, 0.4) is 0 Å². The number of rotatable bonds is 7. The first-order chi connectivity index (χ1) is 14.5. The third-order valence-electron chi connectivity index (χ3n) is 5.28. The zero-order chi connectivity index (χ0) is 21.3. The summed E-state index contributed by atoms with van der Waals surface area (Å²) in [6, 6.07) is 10.3. The van der Waals surface area contributed by atoms with Gasteiger partial charge in [-0.05, 0) is 36.9 Å². The smallest absolute Gasteiger partial charge is 0.226 e. The minimum atomic E-state index is -1.24. The molecule has 1 unspecified atom stereocenters. The molecule has 160 valence electrons. The lowest BCUT2D eigenvalue weighted by Gasteiger charge is -2.17. The number of anilines is 1. The molecular weight excluding hydrogens is 410 g/mol. The van der Waals surface area contributed by atoms with Crippen LogP contribution in [-0.2, 0) is 11.2 Å². The van der Waals surface area contributed by atoms with E-state index in [1.807, 2.05) is 25.1 Å². The van der Waals surface area contributed by atoms with Crippen LogP contribution < -0.4 is 5.32 Å². The van der Waals surface area contributed by atoms with E-state index in [0.29, 0.717) is 17.0 Å². The van der Waals surface area contributed by atoms with Gasteiger partial charge in [0.2, 0.25) is 5.28 Å². The number of aliphatic hydroxyl groups is 3. The van der Waals surface area contributed by atoms with Gasteiger partial charge in [0, 0.05) is 6.04 Å². The van der Waals surface area contributed by atoms with Gasteiger partial charge in [0.25, 0.3) is 0 Å². The quantitative estimate of drug-likeness (QED) is 0.413. The SMILES string of the molecule is CC(CCc1ccccc1)Nc1nc(Cl)nc2c1ncn2[C@@H]1O[C@H](CO)[C@@H](O)[C@H]1O. The van der Waals surface area contributed by atoms with Gasteiger partial charge in [0.1, 0.15) is 18.3 Å². The summed E-state index contributed by atoms with van der Waals surface area (Å²) in [5, 5.41) is 33.0. The number of benzene rings is 1. The van der Waals surface area contributed by atoms with Crippen molar-refractivity contribution in [1.82, 2.24) is 19.5 Å². The van der Waals surface area contributed by atoms with Crippen molar-refractivity contribution < 1.29 is 20.1 Å². The Hall–Kier alpha value is -2.30. The van der Waals surface area contributed by atoms with Crippen LogP contribution in [0.5, 0.6) is 0 Å². The topological polar surface area (TPSA) is 126 Å². The number of aliphatic hydroxyl groups excluding tert-OH is 3. The fraction of sp³-hybridized carbons (Fsp3) is 0.450. The number of hydrogen-bond acceptors (Lipinski definition) is 8. The standard InChI is InChI=1S/C20H24ClN5O4/c1-11(7-8-12-5-3-2-4-6-12)23-17-14-18(25-20(21)24-17)26(10-22-14)19-16(29)15(28)13(9-27)30-19/h2-6,10-11,13,15-16,19,27-29H,7-9H2,1H3,(H,23,24,25)/t11?,13-,15-,16-,19-/m1/s1. The summed E-state index contributed by atoms with van der Waals surface area (Å²) >= 11 is 6.14. The fourth-order valence-corrected chi connectivity index (χ4v) is 3.78. The maximum absolute atomic E-state index is 10.3. The van der Waals surface area contributed by atoms with E-state index in [2.05, 4.69) is 32.4 Å². The van der Waals surface area contributed by atoms with E-state index >= 15 is 0 Å². The van der Waals surface area contributed by atoms with Gasteiger partial charge in [-0.25, -0.2) is 4.98 Å². The average molecular weight is 434 g/mol. The summed E-state index contributed by atoms with van der Waals surface area (Å²) in [5.74, 6) is 0.482. The summed E-state index contributed by atoms with van der Waals surface area (Å²) in [7, 11) is 0. The molecule has 0 saturated carbocycles. The van der Waals surface area contributed by atoms with Crippen molar-refractivity contribution in [3.63, 3.8) is 0 Å². The van der Waals surface area contributed by atoms with E-state index < -0.39 is 31.1 Å². The molecule has 10 heteroatoms. The molecule has 1 aliphatic heterocycles. The Kier molecular flexibility index (Phi) is 6.16. The third-order valence-corrected chi connectivity index (χ3v) is 5.45. The minimum Gasteiger partial charge on any atom is -0.394 e. The molecule has 5 atom stereocenters. The first-order valence-electron chi connectivity index (χ1n) is 9.81. The second-order valence-electron chi connectivity index (χ2n) is 7.46. The first-order valence-corrected chi connectivity index (χ1v) is 10.2. The van der Waals surface area contributed by atoms with Crippen LogP contribution in [0.4, 0.5) is 5.82 Å². The summed E-state index contributed by atoms with van der Waals surface area (Å²) in [5.41, 5.74) is 2.09. The van der Waals surface area contributed by atoms with E-state index in [9.17, 15) is 15.3 Å². The molecule has 1 saturated heterocycles. The number of halogens is 1. The predicted octanol–water partition coefficient (Wildman–Crippen LogP) is 1.52. The minimum absolute atomic E-state index is 0.0220. The Morgan fingerprint density at radius 2 is 1.97 bits per heavy atom. The van der Waals surface area contributed by atoms with Crippen LogP contribution in [0.1, 0.15) is 25.1 Å². The Balaban J connectivity index is 1.55. The number of hydrogen-bond donors (Lipinski definition) is 4. The molecule has 4 N–H and O–H groups in total. The Morgan fingerprint density at radius 1 is 1.20 bits per heavy atom. The van der Waals surface area contributed by atoms with E-state index in [-0.39, 0.29) is 11.3 Å². The Morgan fingerprint density at radius 3 is 2.67 bits per heavy atom. The van der Waals surface area contributed by atoms with Crippen molar-refractivity contribution in [3.05, 3.63) is 47.5 Å². The number of aromatic nitrogens is 4. The van der Waals surface area contributed by atoms with Crippen LogP contribution in [0.25, 0.3) is 11.2 Å². The summed E-state index contributed by atoms with van der Waals surface area (Å²) in [4.78, 5) is 12.9. The number of nitrogens with one attached hydrogen (secondary N) is 1. The summed E-state index contributed by atoms with van der Waals surface area (Å²) in [6.07, 6.45) is -1.06. The van der Waals surface area contributed by atoms with E-state index in [1.165, 1.54) is 16.5 Å². The van der Waals surface area contributed by atoms with E-state index in [4.69, 9.17) is 16.3 Å². The molecule has 0 bridgehead atoms. The van der Waals surface area contributed by atoms with Gasteiger partial charge in [-0.15, -0.1) is 0 Å². The molecule has 0 amide bonds. The van der Waals surface area contributed by atoms with Gasteiger partial charge < -0.3 is 25.4 Å². The second kappa shape index (κ2) is 8.83. The Labute approximate surface area is 178 Å². The van der Waals surface area contributed by atoms with E-state index in [0.717, 1.165) is 12.8 Å². The summed E-state index contributed by atoms with van der Waals surface area (Å²) < 4.78 is 7.08. The van der Waals surface area contributed by atoms with E-state index in [1.54, 1.807) is 0 Å². The van der Waals surface area contributed by atoms with Gasteiger partial charge in [-0.3, -0.25) is 4.57 Å². The number of imidazole rings is 1. The van der Waals surface area contributed by atoms with Crippen LogP contribution in [0.2, 0.25) is 5.28 Å². The van der Waals surface area contributed by atoms with Crippen molar-refractivity contribution in [2.24, 2.45) is 0 Å². The molecule has 4 rings (SSSR count). The zero-order valence-electron chi connectivity index (χ0n) is 16.4. The molecule has 2 aromatic heterocycles. The van der Waals surface area contributed by atoms with Crippen LogP contribution in [0, 0.1) is 0 Å². The van der Waals surface area contributed by atoms with Gasteiger partial charge >= 0.3 is 0 Å². The highest BCUT2D eigenvalue weighted by Crippen LogP contribution is 2.32. The summed E-state index contributed by atoms with van der Waals surface area (Å²) in [6.45, 7) is 1.64. The molecule has 0 spiro atoms. The van der Waals surface area contributed by atoms with Gasteiger partial charge in [-0.2, -0.15) is 9.97 Å². The van der Waals surface area contributed by atoms with Gasteiger partial charge in [-0.1, -0.05) is 30.3 Å². The van der Waals surface area contributed by atoms with Crippen molar-refractivity contribution in [2.75, 3.05) is 11.9 Å². The highest BCUT2D eigenvalue weighted by molar-refractivity contribution is 6.28. The van der Waals surface area contributed by atoms with Crippen molar-refractivity contribution in [3.8, 4) is 0 Å². The number of nitrogens with zero attached hydrogens (tertiary/aromatic N) is 4. The zero-order valence-corrected chi connectivity index (χ0v) is 17.1. The molecule has 1 fully saturated rings. The highest BCUT2D eigenvalue weighted by atomic mass is 35.5. The second-order valence-corrected chi connectivity index (χ2v) is 7.80. The monoisotopic (exact) mass is 433 g/mol. The Bertz CT molecular complexity index is 1000. The highest BCUT2D eigenvalue weighted by Gasteiger charge is 2.44. The predicted molar refractivity (Wildman–Crippen MR) is 111 cm³/mol. The lowest BCUT2D eigenvalue weighted by molar-refractivity contribution is -0.0511. The molecule has 1 aromatic carbocycles. The van der Waals surface area contributed by atoms with Crippen molar-refractivity contribution >= 4 is 28.6 Å². The largest absolute Gasteiger partial charge is 0.394 e. The lowest BCUT2D eigenvalue weighted by Crippen LogP contribution is -2.33. The van der Waals surface area contributed by atoms with Crippen molar-refractivity contribution in [2.45, 2.75) is 50.3 Å². The van der Waals surface area contributed by atoms with Crippen LogP contribution >= 0.6 is 11.6 Å². The lowest BCUT2D eigenvalue weighted by atomic mass is 10.1. The molecule has 30 heavy (non-hydrogen) atoms. The average Bonchev–Trinajstić information content (AvgIpc) is 3.28. The van der Waals surface area contributed by atoms with Crippen molar-refractivity contribution in [1.29, 1.82) is 0 Å². The third kappa shape index (κ3) is 4.12. The molecule has 1 aliphatic rings. The maximum atomic E-state index is 10.3. The number of ether oxygens (including phenoxy) is 1. The fourth-order valence-electron chi connectivity index (χ4n) is 3.62. The normalized spacial score (nSPS) is 25.0. The molecule has 9 nitrogen and oxygen atoms in total. The van der Waals surface area contributed by atoms with Gasteiger partial charge in [0.15, 0.2) is 23.2 Å². The molecular formula is C20H24ClN5O4. The van der Waals surface area contributed by atoms with Crippen LogP contribution in [0.15, 0.2) is 36.7 Å². The molecule has 0 radical (unpaired) electrons.